The predicted octanol–water partition coefficient (Wildman–Crippen LogP) is 3.66. The summed E-state index contributed by atoms with van der Waals surface area (Å²) in [7, 11) is 0. The van der Waals surface area contributed by atoms with Gasteiger partial charge >= 0.3 is 0 Å². The van der Waals surface area contributed by atoms with E-state index < -0.39 is 0 Å². The van der Waals surface area contributed by atoms with Crippen LogP contribution in [0.3, 0.4) is 0 Å². The lowest BCUT2D eigenvalue weighted by atomic mass is 10.2. The van der Waals surface area contributed by atoms with Gasteiger partial charge in [-0.25, -0.2) is 4.98 Å². The molecule has 3 aromatic rings. The zero-order chi connectivity index (χ0) is 20.1. The Morgan fingerprint density at radius 1 is 0.931 bits per heavy atom. The van der Waals surface area contributed by atoms with Crippen LogP contribution in [0.5, 0.6) is 0 Å². The molecule has 0 saturated carbocycles. The van der Waals surface area contributed by atoms with Gasteiger partial charge in [-0.2, -0.15) is 5.26 Å². The molecule has 1 aromatic heterocycles. The second kappa shape index (κ2) is 8.44. The van der Waals surface area contributed by atoms with E-state index >= 15 is 0 Å². The van der Waals surface area contributed by atoms with Crippen molar-refractivity contribution in [2.75, 3.05) is 36.4 Å². The highest BCUT2D eigenvalue weighted by atomic mass is 16.2. The van der Waals surface area contributed by atoms with Crippen molar-refractivity contribution in [1.82, 2.24) is 9.88 Å². The Balaban J connectivity index is 1.35. The van der Waals surface area contributed by atoms with Crippen molar-refractivity contribution in [1.29, 1.82) is 5.26 Å². The number of rotatable bonds is 4. The zero-order valence-electron chi connectivity index (χ0n) is 16.0. The van der Waals surface area contributed by atoms with Crippen LogP contribution in [-0.2, 0) is 0 Å². The Hall–Kier alpha value is -3.85. The number of benzene rings is 2. The molecule has 0 unspecified atom stereocenters. The minimum absolute atomic E-state index is 0.00938. The van der Waals surface area contributed by atoms with Crippen LogP contribution in [0.15, 0.2) is 72.9 Å². The number of anilines is 3. The lowest BCUT2D eigenvalue weighted by molar-refractivity contribution is 0.0746. The maximum absolute atomic E-state index is 12.8. The first-order valence-corrected chi connectivity index (χ1v) is 9.55. The number of nitriles is 1. The van der Waals surface area contributed by atoms with Crippen molar-refractivity contribution in [2.24, 2.45) is 0 Å². The maximum Gasteiger partial charge on any atom is 0.255 e. The number of nitrogens with zero attached hydrogens (tertiary/aromatic N) is 4. The highest BCUT2D eigenvalue weighted by Crippen LogP contribution is 2.18. The number of aromatic nitrogens is 1. The van der Waals surface area contributed by atoms with Crippen molar-refractivity contribution in [3.63, 3.8) is 0 Å². The smallest absolute Gasteiger partial charge is 0.255 e. The Morgan fingerprint density at radius 3 is 2.28 bits per heavy atom. The van der Waals surface area contributed by atoms with Crippen LogP contribution < -0.4 is 10.2 Å². The number of hydrogen-bond acceptors (Lipinski definition) is 5. The largest absolute Gasteiger partial charge is 0.368 e. The van der Waals surface area contributed by atoms with Gasteiger partial charge in [-0.1, -0.05) is 18.2 Å². The van der Waals surface area contributed by atoms with Crippen LogP contribution in [-0.4, -0.2) is 42.0 Å². The van der Waals surface area contributed by atoms with Gasteiger partial charge in [0.2, 0.25) is 0 Å². The lowest BCUT2D eigenvalue weighted by Gasteiger charge is -2.36. The number of piperazine rings is 1. The summed E-state index contributed by atoms with van der Waals surface area (Å²) < 4.78 is 0. The molecule has 1 aliphatic rings. The van der Waals surface area contributed by atoms with Gasteiger partial charge in [0.25, 0.3) is 5.91 Å². The molecule has 29 heavy (non-hydrogen) atoms. The molecule has 4 rings (SSSR count). The first-order chi connectivity index (χ1) is 14.2. The molecule has 0 aliphatic carbocycles. The fourth-order valence-corrected chi connectivity index (χ4v) is 3.36. The average molecular weight is 383 g/mol. The third-order valence-corrected chi connectivity index (χ3v) is 4.99. The van der Waals surface area contributed by atoms with Crippen molar-refractivity contribution in [3.05, 3.63) is 84.1 Å². The Bertz CT molecular complexity index is 1000. The summed E-state index contributed by atoms with van der Waals surface area (Å²) in [5.41, 5.74) is 3.23. The molecule has 1 saturated heterocycles. The normalized spacial score (nSPS) is 13.6. The van der Waals surface area contributed by atoms with E-state index in [2.05, 4.69) is 33.4 Å². The maximum atomic E-state index is 12.8. The predicted molar refractivity (Wildman–Crippen MR) is 113 cm³/mol. The molecule has 1 N–H and O–H groups in total. The third-order valence-electron chi connectivity index (χ3n) is 4.99. The highest BCUT2D eigenvalue weighted by Gasteiger charge is 2.22. The van der Waals surface area contributed by atoms with Gasteiger partial charge in [-0.3, -0.25) is 4.79 Å². The van der Waals surface area contributed by atoms with E-state index in [-0.39, 0.29) is 5.91 Å². The van der Waals surface area contributed by atoms with E-state index in [1.54, 1.807) is 30.5 Å². The number of carbonyl (C=O) groups excluding carboxylic acids is 1. The molecule has 0 radical (unpaired) electrons. The lowest BCUT2D eigenvalue weighted by Crippen LogP contribution is -2.48. The van der Waals surface area contributed by atoms with Crippen LogP contribution in [0.25, 0.3) is 0 Å². The summed E-state index contributed by atoms with van der Waals surface area (Å²) in [5.74, 6) is 0.662. The number of carbonyl (C=O) groups is 1. The van der Waals surface area contributed by atoms with Crippen molar-refractivity contribution in [2.45, 2.75) is 0 Å². The molecular formula is C23H21N5O. The molecule has 1 aliphatic heterocycles. The number of nitrogens with one attached hydrogen (secondary N) is 1. The first kappa shape index (κ1) is 18.5. The molecule has 2 aromatic carbocycles. The quantitative estimate of drug-likeness (QED) is 0.744. The Labute approximate surface area is 170 Å². The van der Waals surface area contributed by atoms with Gasteiger partial charge in [0.15, 0.2) is 0 Å². The average Bonchev–Trinajstić information content (AvgIpc) is 2.80. The summed E-state index contributed by atoms with van der Waals surface area (Å²) in [4.78, 5) is 21.3. The molecule has 1 amide bonds. The topological polar surface area (TPSA) is 72.3 Å². The van der Waals surface area contributed by atoms with Crippen molar-refractivity contribution < 1.29 is 4.79 Å². The number of pyridine rings is 1. The monoisotopic (exact) mass is 383 g/mol. The zero-order valence-corrected chi connectivity index (χ0v) is 16.0. The second-order valence-corrected chi connectivity index (χ2v) is 6.86. The van der Waals surface area contributed by atoms with Crippen LogP contribution in [0.1, 0.15) is 15.9 Å². The highest BCUT2D eigenvalue weighted by molar-refractivity contribution is 5.94. The fourth-order valence-electron chi connectivity index (χ4n) is 3.36. The minimum atomic E-state index is 0.00938. The van der Waals surface area contributed by atoms with Gasteiger partial charge in [0, 0.05) is 43.8 Å². The fraction of sp³-hybridized carbons (Fsp3) is 0.174. The molecule has 6 nitrogen and oxygen atoms in total. The molecule has 144 valence electrons. The standard InChI is InChI=1S/C23H21N5O/c24-16-18-6-9-20(10-7-18)26-22-11-8-19(17-25-22)23(29)28-14-12-27(13-15-28)21-4-2-1-3-5-21/h1-11,17H,12-15H2,(H,25,26). The SMILES string of the molecule is N#Cc1ccc(Nc2ccc(C(=O)N3CCN(c4ccccc4)CC3)cn2)cc1. The van der Waals surface area contributed by atoms with E-state index in [0.29, 0.717) is 30.0 Å². The van der Waals surface area contributed by atoms with Gasteiger partial charge < -0.3 is 15.1 Å². The van der Waals surface area contributed by atoms with Crippen LogP contribution in [0.2, 0.25) is 0 Å². The van der Waals surface area contributed by atoms with E-state index in [9.17, 15) is 4.79 Å². The molecule has 0 bridgehead atoms. The molecule has 6 heteroatoms. The van der Waals surface area contributed by atoms with Crippen molar-refractivity contribution >= 4 is 23.1 Å². The summed E-state index contributed by atoms with van der Waals surface area (Å²) in [6, 6.07) is 23.1. The van der Waals surface area contributed by atoms with Crippen LogP contribution >= 0.6 is 0 Å². The van der Waals surface area contributed by atoms with E-state index in [1.165, 1.54) is 5.69 Å². The van der Waals surface area contributed by atoms with Crippen molar-refractivity contribution in [3.8, 4) is 6.07 Å². The molecule has 2 heterocycles. The van der Waals surface area contributed by atoms with Gasteiger partial charge in [-0.05, 0) is 48.5 Å². The van der Waals surface area contributed by atoms with Crippen LogP contribution in [0, 0.1) is 11.3 Å². The van der Waals surface area contributed by atoms with E-state index in [4.69, 9.17) is 5.26 Å². The van der Waals surface area contributed by atoms with Gasteiger partial charge in [-0.15, -0.1) is 0 Å². The van der Waals surface area contributed by atoms with E-state index in [1.807, 2.05) is 35.2 Å². The summed E-state index contributed by atoms with van der Waals surface area (Å²) >= 11 is 0. The summed E-state index contributed by atoms with van der Waals surface area (Å²) in [6.07, 6.45) is 1.61. The molecule has 0 spiro atoms. The summed E-state index contributed by atoms with van der Waals surface area (Å²) in [6.45, 7) is 3.03. The van der Waals surface area contributed by atoms with Gasteiger partial charge in [0.05, 0.1) is 17.2 Å². The van der Waals surface area contributed by atoms with E-state index in [0.717, 1.165) is 18.8 Å². The van der Waals surface area contributed by atoms with Crippen LogP contribution in [0.4, 0.5) is 17.2 Å². The second-order valence-electron chi connectivity index (χ2n) is 6.86. The summed E-state index contributed by atoms with van der Waals surface area (Å²) in [5, 5.41) is 12.0. The number of para-hydroxylation sites is 1. The third kappa shape index (κ3) is 4.36. The molecule has 0 atom stereocenters. The van der Waals surface area contributed by atoms with Gasteiger partial charge in [0.1, 0.15) is 5.82 Å². The molecule has 1 fully saturated rings. The Kier molecular flexibility index (Phi) is 5.39. The number of hydrogen-bond donors (Lipinski definition) is 1. The minimum Gasteiger partial charge on any atom is -0.368 e. The Morgan fingerprint density at radius 2 is 1.66 bits per heavy atom. The molecular weight excluding hydrogens is 362 g/mol. The number of amides is 1. The first-order valence-electron chi connectivity index (χ1n) is 9.55.